The number of rotatable bonds is 3. The molecule has 1 aliphatic carbocycles. The van der Waals surface area contributed by atoms with Gasteiger partial charge in [-0.05, 0) is 31.0 Å². The van der Waals surface area contributed by atoms with E-state index in [0.717, 1.165) is 12.8 Å². The minimum atomic E-state index is -0.631. The van der Waals surface area contributed by atoms with Gasteiger partial charge in [-0.3, -0.25) is 4.79 Å². The standard InChI is InChI=1S/C14H19N3O2/c1-17(12-7-2-3-8-12)13(18)10-5-4-6-11(9-10)16-14(15)19/h4-6,9,12H,2-3,7-8H2,1H3,(H3,15,16,19). The zero-order valence-corrected chi connectivity index (χ0v) is 11.1. The van der Waals surface area contributed by atoms with Crippen LogP contribution < -0.4 is 11.1 Å². The molecule has 0 heterocycles. The lowest BCUT2D eigenvalue weighted by molar-refractivity contribution is 0.0735. The molecule has 0 radical (unpaired) electrons. The topological polar surface area (TPSA) is 75.4 Å². The van der Waals surface area contributed by atoms with Gasteiger partial charge in [-0.1, -0.05) is 18.9 Å². The van der Waals surface area contributed by atoms with E-state index >= 15 is 0 Å². The fourth-order valence-electron chi connectivity index (χ4n) is 2.53. The molecule has 1 aliphatic rings. The maximum atomic E-state index is 12.4. The predicted octanol–water partition coefficient (Wildman–Crippen LogP) is 2.19. The van der Waals surface area contributed by atoms with Gasteiger partial charge in [0.2, 0.25) is 0 Å². The van der Waals surface area contributed by atoms with Crippen molar-refractivity contribution >= 4 is 17.6 Å². The number of nitrogens with one attached hydrogen (secondary N) is 1. The van der Waals surface area contributed by atoms with Crippen molar-refractivity contribution in [2.45, 2.75) is 31.7 Å². The van der Waals surface area contributed by atoms with Gasteiger partial charge in [-0.25, -0.2) is 4.79 Å². The Morgan fingerprint density at radius 3 is 2.63 bits per heavy atom. The first-order valence-corrected chi connectivity index (χ1v) is 6.51. The number of carbonyl (C=O) groups is 2. The average Bonchev–Trinajstić information content (AvgIpc) is 2.90. The highest BCUT2D eigenvalue weighted by atomic mass is 16.2. The Hall–Kier alpha value is -2.04. The predicted molar refractivity (Wildman–Crippen MR) is 74.0 cm³/mol. The van der Waals surface area contributed by atoms with Gasteiger partial charge in [-0.15, -0.1) is 0 Å². The Morgan fingerprint density at radius 2 is 2.00 bits per heavy atom. The van der Waals surface area contributed by atoms with E-state index in [0.29, 0.717) is 17.3 Å². The lowest BCUT2D eigenvalue weighted by Gasteiger charge is -2.24. The molecule has 1 aromatic rings. The molecule has 3 amide bonds. The summed E-state index contributed by atoms with van der Waals surface area (Å²) in [5.74, 6) is -0.0139. The van der Waals surface area contributed by atoms with Crippen molar-refractivity contribution < 1.29 is 9.59 Å². The molecule has 3 N–H and O–H groups in total. The summed E-state index contributed by atoms with van der Waals surface area (Å²) in [4.78, 5) is 25.0. The number of nitrogens with two attached hydrogens (primary N) is 1. The van der Waals surface area contributed by atoms with Crippen LogP contribution in [0.1, 0.15) is 36.0 Å². The second-order valence-electron chi connectivity index (χ2n) is 4.92. The van der Waals surface area contributed by atoms with Crippen molar-refractivity contribution in [1.29, 1.82) is 0 Å². The number of hydrogen-bond donors (Lipinski definition) is 2. The Morgan fingerprint density at radius 1 is 1.32 bits per heavy atom. The monoisotopic (exact) mass is 261 g/mol. The molecular formula is C14H19N3O2. The van der Waals surface area contributed by atoms with E-state index in [1.54, 1.807) is 29.2 Å². The van der Waals surface area contributed by atoms with Gasteiger partial charge < -0.3 is 16.0 Å². The van der Waals surface area contributed by atoms with Crippen molar-refractivity contribution in [3.8, 4) is 0 Å². The maximum Gasteiger partial charge on any atom is 0.316 e. The fraction of sp³-hybridized carbons (Fsp3) is 0.429. The second kappa shape index (κ2) is 5.73. The summed E-state index contributed by atoms with van der Waals surface area (Å²) in [7, 11) is 1.84. The molecule has 0 aromatic heterocycles. The third-order valence-electron chi connectivity index (χ3n) is 3.57. The first-order valence-electron chi connectivity index (χ1n) is 6.51. The second-order valence-corrected chi connectivity index (χ2v) is 4.92. The molecule has 0 spiro atoms. The minimum absolute atomic E-state index is 0.0139. The minimum Gasteiger partial charge on any atom is -0.351 e. The average molecular weight is 261 g/mol. The van der Waals surface area contributed by atoms with E-state index in [-0.39, 0.29) is 5.91 Å². The SMILES string of the molecule is CN(C(=O)c1cccc(NC(N)=O)c1)C1CCCC1. The number of amides is 3. The Labute approximate surface area is 112 Å². The van der Waals surface area contributed by atoms with E-state index in [9.17, 15) is 9.59 Å². The Balaban J connectivity index is 2.11. The van der Waals surface area contributed by atoms with Crippen LogP contribution in [0.15, 0.2) is 24.3 Å². The van der Waals surface area contributed by atoms with E-state index in [4.69, 9.17) is 5.73 Å². The number of benzene rings is 1. The van der Waals surface area contributed by atoms with Gasteiger partial charge in [0, 0.05) is 24.3 Å². The third kappa shape index (κ3) is 3.24. The van der Waals surface area contributed by atoms with Crippen LogP contribution in [0.5, 0.6) is 0 Å². The Kier molecular flexibility index (Phi) is 4.04. The van der Waals surface area contributed by atoms with Crippen LogP contribution in [0.25, 0.3) is 0 Å². The van der Waals surface area contributed by atoms with E-state index in [2.05, 4.69) is 5.32 Å². The van der Waals surface area contributed by atoms with Gasteiger partial charge in [0.1, 0.15) is 0 Å². The summed E-state index contributed by atoms with van der Waals surface area (Å²) in [6, 6.07) is 6.55. The van der Waals surface area contributed by atoms with Crippen LogP contribution >= 0.6 is 0 Å². The summed E-state index contributed by atoms with van der Waals surface area (Å²) in [6.07, 6.45) is 4.51. The van der Waals surface area contributed by atoms with Crippen molar-refractivity contribution in [3.63, 3.8) is 0 Å². The highest BCUT2D eigenvalue weighted by Crippen LogP contribution is 2.24. The van der Waals surface area contributed by atoms with Crippen molar-refractivity contribution in [2.24, 2.45) is 5.73 Å². The summed E-state index contributed by atoms with van der Waals surface area (Å²) in [6.45, 7) is 0. The van der Waals surface area contributed by atoms with E-state index in [1.165, 1.54) is 12.8 Å². The number of primary amides is 1. The largest absolute Gasteiger partial charge is 0.351 e. The highest BCUT2D eigenvalue weighted by molar-refractivity contribution is 5.96. The highest BCUT2D eigenvalue weighted by Gasteiger charge is 2.24. The van der Waals surface area contributed by atoms with Crippen LogP contribution in [0.4, 0.5) is 10.5 Å². The van der Waals surface area contributed by atoms with Crippen molar-refractivity contribution in [3.05, 3.63) is 29.8 Å². The quantitative estimate of drug-likeness (QED) is 0.875. The van der Waals surface area contributed by atoms with Gasteiger partial charge in [-0.2, -0.15) is 0 Å². The van der Waals surface area contributed by atoms with Crippen molar-refractivity contribution in [1.82, 2.24) is 4.90 Å². The van der Waals surface area contributed by atoms with Crippen molar-refractivity contribution in [2.75, 3.05) is 12.4 Å². The first kappa shape index (κ1) is 13.4. The zero-order valence-electron chi connectivity index (χ0n) is 11.1. The first-order chi connectivity index (χ1) is 9.08. The van der Waals surface area contributed by atoms with Crippen LogP contribution in [0.2, 0.25) is 0 Å². The molecule has 0 atom stereocenters. The number of anilines is 1. The lowest BCUT2D eigenvalue weighted by Crippen LogP contribution is -2.35. The van der Waals surface area contributed by atoms with Gasteiger partial charge in [0.05, 0.1) is 0 Å². The zero-order chi connectivity index (χ0) is 13.8. The molecule has 1 aromatic carbocycles. The molecule has 0 saturated heterocycles. The number of carbonyl (C=O) groups excluding carboxylic acids is 2. The normalized spacial score (nSPS) is 15.2. The molecule has 5 nitrogen and oxygen atoms in total. The van der Waals surface area contributed by atoms with Crippen LogP contribution in [0, 0.1) is 0 Å². The fourth-order valence-corrected chi connectivity index (χ4v) is 2.53. The van der Waals surface area contributed by atoms with Crippen LogP contribution in [0.3, 0.4) is 0 Å². The number of urea groups is 1. The molecule has 19 heavy (non-hydrogen) atoms. The summed E-state index contributed by atoms with van der Waals surface area (Å²) < 4.78 is 0. The summed E-state index contributed by atoms with van der Waals surface area (Å²) in [5, 5.41) is 2.48. The smallest absolute Gasteiger partial charge is 0.316 e. The van der Waals surface area contributed by atoms with Gasteiger partial charge in [0.25, 0.3) is 5.91 Å². The molecule has 0 aliphatic heterocycles. The Bertz CT molecular complexity index is 481. The number of hydrogen-bond acceptors (Lipinski definition) is 2. The molecule has 1 fully saturated rings. The molecule has 102 valence electrons. The van der Waals surface area contributed by atoms with E-state index in [1.807, 2.05) is 7.05 Å². The van der Waals surface area contributed by atoms with Gasteiger partial charge in [0.15, 0.2) is 0 Å². The molecular weight excluding hydrogens is 242 g/mol. The summed E-state index contributed by atoms with van der Waals surface area (Å²) >= 11 is 0. The molecule has 1 saturated carbocycles. The number of nitrogens with zero attached hydrogens (tertiary/aromatic N) is 1. The maximum absolute atomic E-state index is 12.4. The summed E-state index contributed by atoms with van der Waals surface area (Å²) in [5.41, 5.74) is 6.17. The van der Waals surface area contributed by atoms with Crippen LogP contribution in [-0.2, 0) is 0 Å². The molecule has 2 rings (SSSR count). The van der Waals surface area contributed by atoms with Gasteiger partial charge >= 0.3 is 6.03 Å². The third-order valence-corrected chi connectivity index (χ3v) is 3.57. The molecule has 5 heteroatoms. The van der Waals surface area contributed by atoms with E-state index < -0.39 is 6.03 Å². The lowest BCUT2D eigenvalue weighted by atomic mass is 10.1. The molecule has 0 bridgehead atoms. The molecule has 0 unspecified atom stereocenters. The van der Waals surface area contributed by atoms with Crippen LogP contribution in [-0.4, -0.2) is 29.9 Å².